The second kappa shape index (κ2) is 9.54. The maximum atomic E-state index is 12.5. The average molecular weight is 435 g/mol. The van der Waals surface area contributed by atoms with Gasteiger partial charge in [-0.3, -0.25) is 9.59 Å². The maximum Gasteiger partial charge on any atom is 0.265 e. The zero-order valence-electron chi connectivity index (χ0n) is 14.5. The number of anilines is 2. The van der Waals surface area contributed by atoms with Gasteiger partial charge >= 0.3 is 0 Å². The molecule has 9 heteroatoms. The van der Waals surface area contributed by atoms with Gasteiger partial charge in [0.2, 0.25) is 0 Å². The minimum absolute atomic E-state index is 0.250. The number of thiophene rings is 1. The Kier molecular flexibility index (Phi) is 6.86. The molecule has 3 aromatic rings. The van der Waals surface area contributed by atoms with Gasteiger partial charge in [-0.25, -0.2) is 4.98 Å². The van der Waals surface area contributed by atoms with Crippen molar-refractivity contribution in [3.8, 4) is 0 Å². The fourth-order valence-corrected chi connectivity index (χ4v) is 3.44. The van der Waals surface area contributed by atoms with Crippen molar-refractivity contribution in [2.45, 2.75) is 0 Å². The summed E-state index contributed by atoms with van der Waals surface area (Å²) < 4.78 is 0. The van der Waals surface area contributed by atoms with Crippen LogP contribution in [-0.4, -0.2) is 29.9 Å². The smallest absolute Gasteiger partial charge is 0.265 e. The van der Waals surface area contributed by atoms with Crippen molar-refractivity contribution in [2.24, 2.45) is 0 Å². The highest BCUT2D eigenvalue weighted by atomic mass is 35.5. The minimum Gasteiger partial charge on any atom is -0.367 e. The van der Waals surface area contributed by atoms with Crippen LogP contribution in [0.15, 0.2) is 54.0 Å². The molecule has 0 saturated heterocycles. The van der Waals surface area contributed by atoms with Crippen LogP contribution < -0.4 is 16.0 Å². The van der Waals surface area contributed by atoms with E-state index in [-0.39, 0.29) is 11.8 Å². The highest BCUT2D eigenvalue weighted by Gasteiger charge is 2.14. The number of amides is 2. The predicted molar refractivity (Wildman–Crippen MR) is 114 cm³/mol. The number of carbonyl (C=O) groups is 2. The molecule has 2 aromatic heterocycles. The monoisotopic (exact) mass is 434 g/mol. The van der Waals surface area contributed by atoms with E-state index in [1.54, 1.807) is 42.5 Å². The Morgan fingerprint density at radius 3 is 2.61 bits per heavy atom. The van der Waals surface area contributed by atoms with Crippen molar-refractivity contribution in [1.82, 2.24) is 10.3 Å². The lowest BCUT2D eigenvalue weighted by molar-refractivity contribution is 0.0956. The summed E-state index contributed by atoms with van der Waals surface area (Å²) in [6, 6.07) is 12.0. The Labute approximate surface area is 175 Å². The van der Waals surface area contributed by atoms with Crippen molar-refractivity contribution in [1.29, 1.82) is 0 Å². The number of rotatable bonds is 7. The van der Waals surface area contributed by atoms with Gasteiger partial charge in [0, 0.05) is 19.3 Å². The molecule has 3 N–H and O–H groups in total. The second-order valence-corrected chi connectivity index (χ2v) is 7.43. The van der Waals surface area contributed by atoms with E-state index in [1.807, 2.05) is 5.38 Å². The molecule has 144 valence electrons. The molecular formula is C19H16Cl2N4O2S. The number of nitrogens with one attached hydrogen (secondary N) is 3. The van der Waals surface area contributed by atoms with Crippen LogP contribution in [0.4, 0.5) is 11.5 Å². The third-order valence-electron chi connectivity index (χ3n) is 3.68. The molecule has 1 aromatic carbocycles. The topological polar surface area (TPSA) is 83.1 Å². The molecule has 0 fully saturated rings. The van der Waals surface area contributed by atoms with E-state index in [1.165, 1.54) is 17.5 Å². The zero-order chi connectivity index (χ0) is 19.9. The Morgan fingerprint density at radius 2 is 1.86 bits per heavy atom. The third kappa shape index (κ3) is 5.22. The zero-order valence-corrected chi connectivity index (χ0v) is 16.9. The Morgan fingerprint density at radius 1 is 1.04 bits per heavy atom. The van der Waals surface area contributed by atoms with E-state index in [2.05, 4.69) is 20.9 Å². The molecule has 0 aliphatic rings. The average Bonchev–Trinajstić information content (AvgIpc) is 3.22. The van der Waals surface area contributed by atoms with Gasteiger partial charge in [-0.15, -0.1) is 11.3 Å². The molecule has 0 unspecified atom stereocenters. The van der Waals surface area contributed by atoms with Gasteiger partial charge in [-0.1, -0.05) is 41.4 Å². The number of carbonyl (C=O) groups excluding carboxylic acids is 2. The number of halogens is 2. The maximum absolute atomic E-state index is 12.5. The molecule has 0 aliphatic heterocycles. The van der Waals surface area contributed by atoms with Crippen LogP contribution in [-0.2, 0) is 0 Å². The van der Waals surface area contributed by atoms with Crippen LogP contribution in [0.25, 0.3) is 0 Å². The summed E-state index contributed by atoms with van der Waals surface area (Å²) in [6.45, 7) is 0.760. The molecular weight excluding hydrogens is 419 g/mol. The fourth-order valence-electron chi connectivity index (χ4n) is 2.38. The first kappa shape index (κ1) is 20.1. The Bertz CT molecular complexity index is 980. The Hall–Kier alpha value is -2.61. The van der Waals surface area contributed by atoms with Crippen LogP contribution in [0, 0.1) is 0 Å². The van der Waals surface area contributed by atoms with Crippen molar-refractivity contribution < 1.29 is 9.59 Å². The highest BCUT2D eigenvalue weighted by molar-refractivity contribution is 7.12. The van der Waals surface area contributed by atoms with Gasteiger partial charge in [-0.05, 0) is 29.6 Å². The van der Waals surface area contributed by atoms with Crippen LogP contribution >= 0.6 is 34.5 Å². The number of benzene rings is 1. The van der Waals surface area contributed by atoms with Gasteiger partial charge in [0.15, 0.2) is 0 Å². The van der Waals surface area contributed by atoms with Crippen molar-refractivity contribution in [3.63, 3.8) is 0 Å². The summed E-state index contributed by atoms with van der Waals surface area (Å²) in [5.74, 6) is -0.0525. The van der Waals surface area contributed by atoms with Crippen molar-refractivity contribution in [2.75, 3.05) is 23.7 Å². The van der Waals surface area contributed by atoms with Gasteiger partial charge < -0.3 is 16.0 Å². The molecule has 28 heavy (non-hydrogen) atoms. The van der Waals surface area contributed by atoms with E-state index < -0.39 is 0 Å². The van der Waals surface area contributed by atoms with E-state index in [4.69, 9.17) is 23.2 Å². The van der Waals surface area contributed by atoms with Gasteiger partial charge in [0.1, 0.15) is 5.82 Å². The highest BCUT2D eigenvalue weighted by Crippen LogP contribution is 2.22. The molecule has 0 spiro atoms. The van der Waals surface area contributed by atoms with Crippen LogP contribution in [0.5, 0.6) is 0 Å². The minimum atomic E-state index is -0.293. The number of hydrogen-bond donors (Lipinski definition) is 3. The normalized spacial score (nSPS) is 10.4. The number of hydrogen-bond acceptors (Lipinski definition) is 5. The first-order chi connectivity index (χ1) is 13.5. The number of nitrogens with zero attached hydrogens (tertiary/aromatic N) is 1. The fraction of sp³-hybridized carbons (Fsp3) is 0.105. The van der Waals surface area contributed by atoms with E-state index in [9.17, 15) is 9.59 Å². The van der Waals surface area contributed by atoms with Gasteiger partial charge in [0.05, 0.1) is 26.2 Å². The molecule has 2 heterocycles. The predicted octanol–water partition coefficient (Wildman–Crippen LogP) is 4.54. The van der Waals surface area contributed by atoms with Gasteiger partial charge in [0.25, 0.3) is 11.8 Å². The lowest BCUT2D eigenvalue weighted by Gasteiger charge is -2.12. The standard InChI is InChI=1S/C19H16Cl2N4O2S/c20-12-10-14(21)17(24-11-12)22-7-8-23-18(26)13-4-1-2-5-15(13)25-19(27)16-6-3-9-28-16/h1-6,9-11H,7-8H2,(H,22,24)(H,23,26)(H,25,27). The summed E-state index contributed by atoms with van der Waals surface area (Å²) >= 11 is 13.2. The van der Waals surface area contributed by atoms with Crippen LogP contribution in [0.3, 0.4) is 0 Å². The molecule has 3 rings (SSSR count). The van der Waals surface area contributed by atoms with E-state index in [0.717, 1.165) is 0 Å². The summed E-state index contributed by atoms with van der Waals surface area (Å²) in [4.78, 5) is 29.4. The lowest BCUT2D eigenvalue weighted by atomic mass is 10.1. The molecule has 0 bridgehead atoms. The molecule has 0 saturated carbocycles. The lowest BCUT2D eigenvalue weighted by Crippen LogP contribution is -2.29. The van der Waals surface area contributed by atoms with Crippen LogP contribution in [0.2, 0.25) is 10.0 Å². The number of pyridine rings is 1. The van der Waals surface area contributed by atoms with Crippen molar-refractivity contribution >= 4 is 57.9 Å². The summed E-state index contributed by atoms with van der Waals surface area (Å²) in [5.41, 5.74) is 0.837. The molecule has 6 nitrogen and oxygen atoms in total. The van der Waals surface area contributed by atoms with Crippen molar-refractivity contribution in [3.05, 3.63) is 74.5 Å². The molecule has 0 atom stereocenters. The third-order valence-corrected chi connectivity index (χ3v) is 5.04. The first-order valence-electron chi connectivity index (χ1n) is 8.31. The quantitative estimate of drug-likeness (QED) is 0.476. The van der Waals surface area contributed by atoms with Crippen LogP contribution in [0.1, 0.15) is 20.0 Å². The number of para-hydroxylation sites is 1. The summed E-state index contributed by atoms with van der Waals surface area (Å²) in [7, 11) is 0. The molecule has 0 aliphatic carbocycles. The first-order valence-corrected chi connectivity index (χ1v) is 9.95. The van der Waals surface area contributed by atoms with E-state index in [0.29, 0.717) is 45.1 Å². The summed E-state index contributed by atoms with van der Waals surface area (Å²) in [5, 5.41) is 11.3. The molecule has 0 radical (unpaired) electrons. The second-order valence-electron chi connectivity index (χ2n) is 5.64. The molecule has 2 amide bonds. The SMILES string of the molecule is O=C(Nc1ccccc1C(=O)NCCNc1ncc(Cl)cc1Cl)c1cccs1. The largest absolute Gasteiger partial charge is 0.367 e. The van der Waals surface area contributed by atoms with Gasteiger partial charge in [-0.2, -0.15) is 0 Å². The van der Waals surface area contributed by atoms with E-state index >= 15 is 0 Å². The number of aromatic nitrogens is 1. The summed E-state index contributed by atoms with van der Waals surface area (Å²) in [6.07, 6.45) is 1.49. The Balaban J connectivity index is 1.56.